The van der Waals surface area contributed by atoms with Crippen LogP contribution in [0.25, 0.3) is 0 Å². The van der Waals surface area contributed by atoms with Crippen LogP contribution in [0.3, 0.4) is 0 Å². The molecular formula is C11H14N2O2. The largest absolute Gasteiger partial charge is 0.465 e. The zero-order valence-corrected chi connectivity index (χ0v) is 8.36. The van der Waals surface area contributed by atoms with Crippen molar-refractivity contribution in [2.45, 2.75) is 25.3 Å². The van der Waals surface area contributed by atoms with Crippen molar-refractivity contribution < 1.29 is 9.90 Å². The summed E-state index contributed by atoms with van der Waals surface area (Å²) in [6.45, 7) is 0. The summed E-state index contributed by atoms with van der Waals surface area (Å²) >= 11 is 0. The molecule has 80 valence electrons. The lowest BCUT2D eigenvalue weighted by Gasteiger charge is -2.24. The minimum Gasteiger partial charge on any atom is -0.465 e. The van der Waals surface area contributed by atoms with Gasteiger partial charge in [-0.2, -0.15) is 0 Å². The summed E-state index contributed by atoms with van der Waals surface area (Å²) < 4.78 is 0. The van der Waals surface area contributed by atoms with Crippen LogP contribution in [-0.4, -0.2) is 17.2 Å². The fraction of sp³-hybridized carbons (Fsp3) is 0.364. The van der Waals surface area contributed by atoms with Gasteiger partial charge in [0, 0.05) is 11.7 Å². The molecule has 0 bridgehead atoms. The fourth-order valence-electron chi connectivity index (χ4n) is 2.07. The van der Waals surface area contributed by atoms with Gasteiger partial charge in [0.15, 0.2) is 0 Å². The molecule has 4 heteroatoms. The molecule has 4 nitrogen and oxygen atoms in total. The monoisotopic (exact) mass is 206 g/mol. The van der Waals surface area contributed by atoms with E-state index in [-0.39, 0.29) is 6.04 Å². The summed E-state index contributed by atoms with van der Waals surface area (Å²) in [7, 11) is 0. The molecule has 1 amide bonds. The van der Waals surface area contributed by atoms with Crippen LogP contribution in [0.4, 0.5) is 10.5 Å². The maximum Gasteiger partial charge on any atom is 0.404 e. The van der Waals surface area contributed by atoms with E-state index in [1.807, 2.05) is 18.2 Å². The highest BCUT2D eigenvalue weighted by Crippen LogP contribution is 2.23. The van der Waals surface area contributed by atoms with E-state index in [0.29, 0.717) is 0 Å². The number of carboxylic acid groups (broad SMARTS) is 1. The predicted octanol–water partition coefficient (Wildman–Crippen LogP) is 1.39. The number of hydrogen-bond acceptors (Lipinski definition) is 2. The van der Waals surface area contributed by atoms with Gasteiger partial charge in [0.05, 0.1) is 0 Å². The summed E-state index contributed by atoms with van der Waals surface area (Å²) in [6.07, 6.45) is 1.56. The van der Waals surface area contributed by atoms with Crippen molar-refractivity contribution in [2.24, 2.45) is 0 Å². The number of fused-ring (bicyclic) bond motifs is 1. The Labute approximate surface area is 88.1 Å². The second kappa shape index (κ2) is 3.81. The Balaban J connectivity index is 2.13. The molecule has 1 aliphatic carbocycles. The summed E-state index contributed by atoms with van der Waals surface area (Å²) in [6, 6.07) is 5.87. The Morgan fingerprint density at radius 1 is 1.47 bits per heavy atom. The third-order valence-electron chi connectivity index (χ3n) is 2.79. The number of anilines is 1. The highest BCUT2D eigenvalue weighted by atomic mass is 16.4. The Hall–Kier alpha value is -1.71. The van der Waals surface area contributed by atoms with E-state index in [0.717, 1.165) is 24.9 Å². The van der Waals surface area contributed by atoms with Crippen molar-refractivity contribution >= 4 is 11.8 Å². The number of nitrogens with one attached hydrogen (secondary N) is 1. The molecule has 1 aliphatic rings. The van der Waals surface area contributed by atoms with Crippen LogP contribution in [0.5, 0.6) is 0 Å². The normalized spacial score (nSPS) is 19.3. The van der Waals surface area contributed by atoms with Crippen LogP contribution in [0.15, 0.2) is 18.2 Å². The maximum atomic E-state index is 10.5. The minimum absolute atomic E-state index is 0.0404. The second-order valence-corrected chi connectivity index (χ2v) is 3.92. The average molecular weight is 206 g/mol. The molecule has 0 heterocycles. The molecule has 0 radical (unpaired) electrons. The molecule has 15 heavy (non-hydrogen) atoms. The number of rotatable bonds is 1. The quantitative estimate of drug-likeness (QED) is 0.608. The van der Waals surface area contributed by atoms with Gasteiger partial charge < -0.3 is 16.2 Å². The topological polar surface area (TPSA) is 75.3 Å². The van der Waals surface area contributed by atoms with E-state index in [9.17, 15) is 4.79 Å². The summed E-state index contributed by atoms with van der Waals surface area (Å²) in [5.41, 5.74) is 8.92. The molecular weight excluding hydrogens is 192 g/mol. The molecule has 0 aromatic heterocycles. The molecule has 2 rings (SSSR count). The fourth-order valence-corrected chi connectivity index (χ4v) is 2.07. The lowest BCUT2D eigenvalue weighted by Crippen LogP contribution is -2.37. The molecule has 0 fully saturated rings. The Kier molecular flexibility index (Phi) is 2.49. The van der Waals surface area contributed by atoms with E-state index in [4.69, 9.17) is 10.8 Å². The SMILES string of the molecule is Nc1ccc2c(c1)CC[C@H](NC(=O)O)C2. The first kappa shape index (κ1) is 9.83. The second-order valence-electron chi connectivity index (χ2n) is 3.92. The van der Waals surface area contributed by atoms with Gasteiger partial charge in [-0.1, -0.05) is 6.07 Å². The number of amides is 1. The van der Waals surface area contributed by atoms with Crippen LogP contribution >= 0.6 is 0 Å². The number of hydrogen-bond donors (Lipinski definition) is 3. The predicted molar refractivity (Wildman–Crippen MR) is 57.8 cm³/mol. The number of nitrogen functional groups attached to an aromatic ring is 1. The minimum atomic E-state index is -0.945. The van der Waals surface area contributed by atoms with E-state index in [1.165, 1.54) is 11.1 Å². The van der Waals surface area contributed by atoms with Gasteiger partial charge in [0.25, 0.3) is 0 Å². The highest BCUT2D eigenvalue weighted by Gasteiger charge is 2.19. The van der Waals surface area contributed by atoms with Crippen molar-refractivity contribution in [3.8, 4) is 0 Å². The Morgan fingerprint density at radius 2 is 2.27 bits per heavy atom. The van der Waals surface area contributed by atoms with Crippen molar-refractivity contribution in [3.63, 3.8) is 0 Å². The molecule has 1 atom stereocenters. The van der Waals surface area contributed by atoms with Crippen molar-refractivity contribution in [3.05, 3.63) is 29.3 Å². The van der Waals surface area contributed by atoms with Crippen molar-refractivity contribution in [2.75, 3.05) is 5.73 Å². The van der Waals surface area contributed by atoms with Crippen LogP contribution < -0.4 is 11.1 Å². The van der Waals surface area contributed by atoms with Crippen LogP contribution in [0, 0.1) is 0 Å². The number of aryl methyl sites for hydroxylation is 1. The standard InChI is InChI=1S/C11H14N2O2/c12-9-3-1-8-6-10(13-11(14)15)4-2-7(8)5-9/h1,3,5,10,13H,2,4,6,12H2,(H,14,15)/t10-/m0/s1. The van der Waals surface area contributed by atoms with Gasteiger partial charge in [-0.05, 0) is 42.5 Å². The van der Waals surface area contributed by atoms with E-state index in [2.05, 4.69) is 5.32 Å². The third kappa shape index (κ3) is 2.21. The van der Waals surface area contributed by atoms with Gasteiger partial charge in [0.1, 0.15) is 0 Å². The molecule has 0 saturated carbocycles. The first-order chi connectivity index (χ1) is 7.15. The lowest BCUT2D eigenvalue weighted by atomic mass is 9.88. The number of carbonyl (C=O) groups is 1. The van der Waals surface area contributed by atoms with E-state index < -0.39 is 6.09 Å². The first-order valence-corrected chi connectivity index (χ1v) is 5.02. The van der Waals surface area contributed by atoms with Crippen molar-refractivity contribution in [1.82, 2.24) is 5.32 Å². The van der Waals surface area contributed by atoms with Gasteiger partial charge in [-0.25, -0.2) is 4.79 Å². The van der Waals surface area contributed by atoms with Crippen LogP contribution in [-0.2, 0) is 12.8 Å². The highest BCUT2D eigenvalue weighted by molar-refractivity contribution is 5.65. The van der Waals surface area contributed by atoms with Crippen LogP contribution in [0.2, 0.25) is 0 Å². The maximum absolute atomic E-state index is 10.5. The van der Waals surface area contributed by atoms with Crippen LogP contribution in [0.1, 0.15) is 17.5 Å². The first-order valence-electron chi connectivity index (χ1n) is 5.02. The smallest absolute Gasteiger partial charge is 0.404 e. The van der Waals surface area contributed by atoms with Crippen molar-refractivity contribution in [1.29, 1.82) is 0 Å². The number of benzene rings is 1. The summed E-state index contributed by atoms with van der Waals surface area (Å²) in [5.74, 6) is 0. The molecule has 0 saturated heterocycles. The van der Waals surface area contributed by atoms with Gasteiger partial charge in [-0.3, -0.25) is 0 Å². The molecule has 0 spiro atoms. The molecule has 0 unspecified atom stereocenters. The zero-order valence-electron chi connectivity index (χ0n) is 8.36. The van der Waals surface area contributed by atoms with Gasteiger partial charge in [0.2, 0.25) is 0 Å². The third-order valence-corrected chi connectivity index (χ3v) is 2.79. The molecule has 4 N–H and O–H groups in total. The average Bonchev–Trinajstić information content (AvgIpc) is 2.17. The zero-order chi connectivity index (χ0) is 10.8. The molecule has 1 aromatic rings. The lowest BCUT2D eigenvalue weighted by molar-refractivity contribution is 0.188. The molecule has 1 aromatic carbocycles. The Morgan fingerprint density at radius 3 is 3.00 bits per heavy atom. The summed E-state index contributed by atoms with van der Waals surface area (Å²) in [4.78, 5) is 10.5. The van der Waals surface area contributed by atoms with E-state index >= 15 is 0 Å². The Bertz CT molecular complexity index is 390. The van der Waals surface area contributed by atoms with Gasteiger partial charge in [-0.15, -0.1) is 0 Å². The molecule has 0 aliphatic heterocycles. The number of nitrogens with two attached hydrogens (primary N) is 1. The summed E-state index contributed by atoms with van der Waals surface area (Å²) in [5, 5.41) is 11.1. The van der Waals surface area contributed by atoms with E-state index in [1.54, 1.807) is 0 Å². The van der Waals surface area contributed by atoms with Gasteiger partial charge >= 0.3 is 6.09 Å².